The zero-order valence-electron chi connectivity index (χ0n) is 19.6. The summed E-state index contributed by atoms with van der Waals surface area (Å²) in [5.74, 6) is -0.474. The van der Waals surface area contributed by atoms with E-state index in [2.05, 4.69) is 20.3 Å². The van der Waals surface area contributed by atoms with E-state index in [4.69, 9.17) is 5.73 Å². The minimum absolute atomic E-state index is 0.156. The van der Waals surface area contributed by atoms with Crippen LogP contribution in [0.2, 0.25) is 0 Å². The van der Waals surface area contributed by atoms with Gasteiger partial charge in [-0.05, 0) is 60.5 Å². The summed E-state index contributed by atoms with van der Waals surface area (Å²) in [6.45, 7) is 1.74. The van der Waals surface area contributed by atoms with Crippen molar-refractivity contribution in [2.75, 3.05) is 11.1 Å². The number of amides is 1. The Morgan fingerprint density at radius 3 is 2.53 bits per heavy atom. The predicted octanol–water partition coefficient (Wildman–Crippen LogP) is 4.45. The minimum Gasteiger partial charge on any atom is -0.384 e. The Morgan fingerprint density at radius 1 is 1.06 bits per heavy atom. The smallest absolute Gasteiger partial charge is 0.260 e. The van der Waals surface area contributed by atoms with Crippen LogP contribution in [0.25, 0.3) is 33.3 Å². The lowest BCUT2D eigenvalue weighted by Crippen LogP contribution is -2.19. The molecule has 0 aliphatic heterocycles. The fraction of sp³-hybridized carbons (Fsp3) is 0.111. The summed E-state index contributed by atoms with van der Waals surface area (Å²) in [4.78, 5) is 37.7. The first kappa shape index (κ1) is 23.0. The fourth-order valence-corrected chi connectivity index (χ4v) is 4.20. The molecule has 9 heteroatoms. The molecular weight excluding hydrogens is 459 g/mol. The van der Waals surface area contributed by atoms with Gasteiger partial charge < -0.3 is 20.6 Å². The van der Waals surface area contributed by atoms with Gasteiger partial charge in [-0.2, -0.15) is 0 Å². The number of nitrogens with zero attached hydrogens (tertiary/aromatic N) is 3. The molecule has 0 radical (unpaired) electrons. The van der Waals surface area contributed by atoms with Gasteiger partial charge >= 0.3 is 0 Å². The molecule has 0 saturated carbocycles. The lowest BCUT2D eigenvalue weighted by Gasteiger charge is -2.13. The maximum absolute atomic E-state index is 13.3. The van der Waals surface area contributed by atoms with Gasteiger partial charge in [-0.3, -0.25) is 9.59 Å². The van der Waals surface area contributed by atoms with Crippen molar-refractivity contribution in [1.82, 2.24) is 19.5 Å². The highest BCUT2D eigenvalue weighted by atomic mass is 19.1. The highest BCUT2D eigenvalue weighted by Crippen LogP contribution is 2.37. The summed E-state index contributed by atoms with van der Waals surface area (Å²) >= 11 is 0. The van der Waals surface area contributed by atoms with Crippen LogP contribution in [0.4, 0.5) is 16.0 Å². The van der Waals surface area contributed by atoms with Gasteiger partial charge in [0.05, 0.1) is 22.5 Å². The van der Waals surface area contributed by atoms with Gasteiger partial charge in [-0.15, -0.1) is 0 Å². The maximum Gasteiger partial charge on any atom is 0.260 e. The van der Waals surface area contributed by atoms with E-state index in [1.165, 1.54) is 16.7 Å². The Morgan fingerprint density at radius 2 is 1.78 bits per heavy atom. The summed E-state index contributed by atoms with van der Waals surface area (Å²) in [7, 11) is 1.70. The molecule has 0 fully saturated rings. The number of aromatic amines is 1. The number of nitrogen functional groups attached to an aromatic ring is 1. The van der Waals surface area contributed by atoms with E-state index in [0.717, 1.165) is 11.1 Å². The van der Waals surface area contributed by atoms with Crippen LogP contribution in [0.3, 0.4) is 0 Å². The van der Waals surface area contributed by atoms with E-state index in [1.807, 2.05) is 6.07 Å². The van der Waals surface area contributed by atoms with E-state index in [0.29, 0.717) is 39.4 Å². The summed E-state index contributed by atoms with van der Waals surface area (Å²) in [5.41, 5.74) is 9.97. The quantitative estimate of drug-likeness (QED) is 0.342. The Bertz CT molecular complexity index is 1660. The van der Waals surface area contributed by atoms with Crippen molar-refractivity contribution in [3.8, 4) is 22.4 Å². The molecule has 0 bridgehead atoms. The maximum atomic E-state index is 13.3. The number of anilines is 2. The largest absolute Gasteiger partial charge is 0.384 e. The van der Waals surface area contributed by atoms with E-state index >= 15 is 0 Å². The molecule has 1 atom stereocenters. The topological polar surface area (TPSA) is 119 Å². The van der Waals surface area contributed by atoms with Gasteiger partial charge in [0.2, 0.25) is 5.91 Å². The first-order chi connectivity index (χ1) is 17.3. The average molecular weight is 483 g/mol. The van der Waals surface area contributed by atoms with Crippen LogP contribution in [-0.2, 0) is 11.8 Å². The molecule has 1 aromatic carbocycles. The molecule has 4 aromatic heterocycles. The number of carbonyl (C=O) groups is 1. The molecule has 0 spiro atoms. The molecule has 4 N–H and O–H groups in total. The number of aromatic nitrogens is 4. The molecule has 180 valence electrons. The van der Waals surface area contributed by atoms with Crippen LogP contribution in [0, 0.1) is 5.82 Å². The number of carbonyl (C=O) groups excluding carboxylic acids is 1. The van der Waals surface area contributed by atoms with E-state index in [1.54, 1.807) is 69.0 Å². The number of aryl methyl sites for hydroxylation is 1. The summed E-state index contributed by atoms with van der Waals surface area (Å²) in [5, 5.41) is 3.36. The van der Waals surface area contributed by atoms with Gasteiger partial charge in [-0.1, -0.05) is 12.1 Å². The van der Waals surface area contributed by atoms with Crippen molar-refractivity contribution in [1.29, 1.82) is 0 Å². The van der Waals surface area contributed by atoms with Gasteiger partial charge in [0.1, 0.15) is 17.5 Å². The third-order valence-electron chi connectivity index (χ3n) is 6.16. The van der Waals surface area contributed by atoms with Crippen molar-refractivity contribution in [2.45, 2.75) is 12.8 Å². The molecule has 5 aromatic rings. The number of rotatable bonds is 5. The van der Waals surface area contributed by atoms with Crippen LogP contribution in [0.5, 0.6) is 0 Å². The predicted molar refractivity (Wildman–Crippen MR) is 138 cm³/mol. The number of H-pyrrole nitrogens is 1. The Kier molecular flexibility index (Phi) is 5.81. The van der Waals surface area contributed by atoms with Crippen LogP contribution >= 0.6 is 0 Å². The molecule has 0 saturated heterocycles. The molecule has 0 aliphatic carbocycles. The lowest BCUT2D eigenvalue weighted by molar-refractivity contribution is -0.117. The molecule has 4 heterocycles. The number of nitrogens with two attached hydrogens (primary N) is 1. The number of pyridine rings is 3. The standard InChI is InChI=1S/C27H23FN6O2/c1-15(16-3-5-19(28)6-4-16)26(35)33-22-14-18(8-11-31-22)25-23(17-7-10-30-21(29)13-17)24-20(32-25)9-12-34(2)27(24)36/h3-15,32H,1-2H3,(H2,29,30)(H,31,33,35). The van der Waals surface area contributed by atoms with Crippen molar-refractivity contribution in [3.05, 3.63) is 94.9 Å². The van der Waals surface area contributed by atoms with Crippen LogP contribution in [0.15, 0.2) is 78.0 Å². The van der Waals surface area contributed by atoms with Crippen LogP contribution in [0.1, 0.15) is 18.4 Å². The van der Waals surface area contributed by atoms with Gasteiger partial charge in [0.25, 0.3) is 5.56 Å². The second kappa shape index (κ2) is 9.10. The van der Waals surface area contributed by atoms with Crippen LogP contribution < -0.4 is 16.6 Å². The Labute approximate surface area is 205 Å². The zero-order chi connectivity index (χ0) is 25.4. The summed E-state index contributed by atoms with van der Waals surface area (Å²) < 4.78 is 14.8. The van der Waals surface area contributed by atoms with Gasteiger partial charge in [0.15, 0.2) is 0 Å². The number of hydrogen-bond acceptors (Lipinski definition) is 5. The third-order valence-corrected chi connectivity index (χ3v) is 6.16. The highest BCUT2D eigenvalue weighted by Gasteiger charge is 2.20. The molecule has 36 heavy (non-hydrogen) atoms. The van der Waals surface area contributed by atoms with Crippen molar-refractivity contribution in [3.63, 3.8) is 0 Å². The van der Waals surface area contributed by atoms with E-state index in [-0.39, 0.29) is 17.3 Å². The first-order valence-corrected chi connectivity index (χ1v) is 11.3. The minimum atomic E-state index is -0.512. The molecule has 1 amide bonds. The third kappa shape index (κ3) is 4.22. The number of hydrogen-bond donors (Lipinski definition) is 3. The van der Waals surface area contributed by atoms with E-state index < -0.39 is 5.92 Å². The number of nitrogens with one attached hydrogen (secondary N) is 2. The van der Waals surface area contributed by atoms with E-state index in [9.17, 15) is 14.0 Å². The monoisotopic (exact) mass is 482 g/mol. The Balaban J connectivity index is 1.57. The lowest BCUT2D eigenvalue weighted by atomic mass is 9.99. The molecule has 1 unspecified atom stereocenters. The number of benzene rings is 1. The highest BCUT2D eigenvalue weighted by molar-refractivity contribution is 6.04. The van der Waals surface area contributed by atoms with Gasteiger partial charge in [0, 0.05) is 36.8 Å². The van der Waals surface area contributed by atoms with Crippen molar-refractivity contribution < 1.29 is 9.18 Å². The van der Waals surface area contributed by atoms with Gasteiger partial charge in [-0.25, -0.2) is 14.4 Å². The molecule has 0 aliphatic rings. The second-order valence-corrected chi connectivity index (χ2v) is 8.56. The SMILES string of the molecule is CC(C(=O)Nc1cc(-c2[nH]c3ccn(C)c(=O)c3c2-c2ccnc(N)c2)ccn1)c1ccc(F)cc1. The van der Waals surface area contributed by atoms with Crippen molar-refractivity contribution >= 4 is 28.4 Å². The number of halogens is 1. The summed E-state index contributed by atoms with van der Waals surface area (Å²) in [6, 6.07) is 14.7. The fourth-order valence-electron chi connectivity index (χ4n) is 4.20. The van der Waals surface area contributed by atoms with Crippen LogP contribution in [-0.4, -0.2) is 25.4 Å². The zero-order valence-corrected chi connectivity index (χ0v) is 19.6. The summed E-state index contributed by atoms with van der Waals surface area (Å²) in [6.07, 6.45) is 4.88. The second-order valence-electron chi connectivity index (χ2n) is 8.56. The molecule has 5 rings (SSSR count). The average Bonchev–Trinajstić information content (AvgIpc) is 3.27. The Hall–Kier alpha value is -4.79. The first-order valence-electron chi connectivity index (χ1n) is 11.3. The van der Waals surface area contributed by atoms with Crippen molar-refractivity contribution in [2.24, 2.45) is 7.05 Å². The molecular formula is C27H23FN6O2. The number of fused-ring (bicyclic) bond motifs is 1. The molecule has 8 nitrogen and oxygen atoms in total. The normalized spacial score (nSPS) is 12.0.